The summed E-state index contributed by atoms with van der Waals surface area (Å²) in [4.78, 5) is 2.70. The van der Waals surface area contributed by atoms with Crippen LogP contribution in [0.25, 0.3) is 11.0 Å². The molecule has 1 aromatic carbocycles. The maximum absolute atomic E-state index is 6.34. The van der Waals surface area contributed by atoms with Crippen molar-refractivity contribution in [3.05, 3.63) is 17.2 Å². The number of fused-ring (bicyclic) bond motifs is 3. The van der Waals surface area contributed by atoms with Gasteiger partial charge in [0.25, 0.3) is 0 Å². The Morgan fingerprint density at radius 3 is 2.72 bits per heavy atom. The molecule has 1 unspecified atom stereocenters. The van der Waals surface area contributed by atoms with Gasteiger partial charge in [0.1, 0.15) is 0 Å². The summed E-state index contributed by atoms with van der Waals surface area (Å²) in [6, 6.07) is 4.37. The Labute approximate surface area is 151 Å². The van der Waals surface area contributed by atoms with E-state index >= 15 is 0 Å². The molecule has 132 valence electrons. The normalized spacial score (nSPS) is 32.3. The SMILES string of the molecule is Clc1ccc2c(NC3C4CCN(CC4)C34CC4)noc2c1OC1CC1. The molecule has 5 fully saturated rings. The molecule has 1 N–H and O–H groups in total. The highest BCUT2D eigenvalue weighted by atomic mass is 35.5. The third-order valence-corrected chi connectivity index (χ3v) is 6.93. The van der Waals surface area contributed by atoms with E-state index in [1.165, 1.54) is 38.8 Å². The summed E-state index contributed by atoms with van der Waals surface area (Å²) in [7, 11) is 0. The highest BCUT2D eigenvalue weighted by Crippen LogP contribution is 2.55. The second-order valence-electron chi connectivity index (χ2n) is 8.15. The van der Waals surface area contributed by atoms with E-state index in [0.29, 0.717) is 27.9 Å². The third-order valence-electron chi connectivity index (χ3n) is 6.63. The summed E-state index contributed by atoms with van der Waals surface area (Å²) in [5, 5.41) is 9.69. The van der Waals surface area contributed by atoms with Crippen molar-refractivity contribution >= 4 is 28.4 Å². The average molecular weight is 360 g/mol. The Hall–Kier alpha value is -1.46. The highest BCUT2D eigenvalue weighted by molar-refractivity contribution is 6.33. The van der Waals surface area contributed by atoms with Crippen molar-refractivity contribution in [2.75, 3.05) is 18.4 Å². The van der Waals surface area contributed by atoms with Gasteiger partial charge < -0.3 is 14.6 Å². The maximum Gasteiger partial charge on any atom is 0.212 e. The second kappa shape index (κ2) is 5.04. The Morgan fingerprint density at radius 2 is 2.00 bits per heavy atom. The number of hydrogen-bond donors (Lipinski definition) is 1. The second-order valence-corrected chi connectivity index (χ2v) is 8.56. The lowest BCUT2D eigenvalue weighted by Crippen LogP contribution is -2.62. The molecule has 1 aromatic heterocycles. The molecule has 5 nitrogen and oxygen atoms in total. The standard InChI is InChI=1S/C19H22ClN3O2/c20-14-4-3-13-15(16(14)24-12-1-2-12)25-22-18(13)21-17-11-5-9-23(10-6-11)19(17)7-8-19/h3-4,11-12,17H,1-2,5-10H2,(H,21,22). The topological polar surface area (TPSA) is 50.5 Å². The van der Waals surface area contributed by atoms with Gasteiger partial charge in [0, 0.05) is 11.6 Å². The number of piperidine rings is 3. The quantitative estimate of drug-likeness (QED) is 0.892. The first-order valence-corrected chi connectivity index (χ1v) is 9.88. The zero-order chi connectivity index (χ0) is 16.6. The summed E-state index contributed by atoms with van der Waals surface area (Å²) in [5.74, 6) is 2.24. The van der Waals surface area contributed by atoms with Gasteiger partial charge in [-0.05, 0) is 69.7 Å². The van der Waals surface area contributed by atoms with E-state index in [1.54, 1.807) is 0 Å². The lowest BCUT2D eigenvalue weighted by molar-refractivity contribution is 0.0202. The molecule has 2 aliphatic carbocycles. The first kappa shape index (κ1) is 14.7. The van der Waals surface area contributed by atoms with E-state index in [0.717, 1.165) is 30.0 Å². The van der Waals surface area contributed by atoms with Crippen LogP contribution in [0.4, 0.5) is 5.82 Å². The number of nitrogens with zero attached hydrogens (tertiary/aromatic N) is 2. The van der Waals surface area contributed by atoms with Crippen LogP contribution in [0.3, 0.4) is 0 Å². The molecule has 1 atom stereocenters. The molecule has 7 rings (SSSR count). The van der Waals surface area contributed by atoms with Gasteiger partial charge in [-0.3, -0.25) is 4.90 Å². The van der Waals surface area contributed by atoms with Crippen LogP contribution in [0.5, 0.6) is 5.75 Å². The van der Waals surface area contributed by atoms with Crippen LogP contribution < -0.4 is 10.1 Å². The van der Waals surface area contributed by atoms with Gasteiger partial charge in [-0.15, -0.1) is 0 Å². The molecule has 2 saturated carbocycles. The number of benzene rings is 1. The van der Waals surface area contributed by atoms with Gasteiger partial charge in [0.05, 0.1) is 16.5 Å². The van der Waals surface area contributed by atoms with Crippen LogP contribution in [-0.4, -0.2) is 40.8 Å². The first-order chi connectivity index (χ1) is 12.2. The fraction of sp³-hybridized carbons (Fsp3) is 0.632. The van der Waals surface area contributed by atoms with Crippen LogP contribution in [0.15, 0.2) is 16.7 Å². The molecule has 3 saturated heterocycles. The van der Waals surface area contributed by atoms with E-state index in [9.17, 15) is 0 Å². The minimum atomic E-state index is 0.279. The number of halogens is 1. The number of aromatic nitrogens is 1. The summed E-state index contributed by atoms with van der Waals surface area (Å²) in [5.41, 5.74) is 1.04. The predicted octanol–water partition coefficient (Wildman–Crippen LogP) is 4.06. The van der Waals surface area contributed by atoms with Gasteiger partial charge in [0.2, 0.25) is 5.58 Å². The van der Waals surface area contributed by atoms with Gasteiger partial charge >= 0.3 is 0 Å². The summed E-state index contributed by atoms with van der Waals surface area (Å²) < 4.78 is 11.6. The zero-order valence-electron chi connectivity index (χ0n) is 14.1. The van der Waals surface area contributed by atoms with Crippen molar-refractivity contribution in [1.29, 1.82) is 0 Å². The molecule has 25 heavy (non-hydrogen) atoms. The van der Waals surface area contributed by atoms with E-state index < -0.39 is 0 Å². The minimum absolute atomic E-state index is 0.279. The Kier molecular flexibility index (Phi) is 2.96. The van der Waals surface area contributed by atoms with Crippen molar-refractivity contribution in [1.82, 2.24) is 10.1 Å². The van der Waals surface area contributed by atoms with Crippen molar-refractivity contribution in [3.8, 4) is 5.75 Å². The van der Waals surface area contributed by atoms with Crippen molar-refractivity contribution in [2.24, 2.45) is 5.92 Å². The number of anilines is 1. The molecule has 5 aliphatic rings. The van der Waals surface area contributed by atoms with Crippen molar-refractivity contribution in [2.45, 2.75) is 56.2 Å². The molecule has 0 amide bonds. The fourth-order valence-corrected chi connectivity index (χ4v) is 5.18. The lowest BCUT2D eigenvalue weighted by atomic mass is 9.77. The Morgan fingerprint density at radius 1 is 1.20 bits per heavy atom. The smallest absolute Gasteiger partial charge is 0.212 e. The zero-order valence-corrected chi connectivity index (χ0v) is 14.9. The van der Waals surface area contributed by atoms with Crippen LogP contribution in [0.1, 0.15) is 38.5 Å². The molecule has 1 spiro atoms. The number of nitrogens with one attached hydrogen (secondary N) is 1. The third kappa shape index (κ3) is 2.15. The fourth-order valence-electron chi connectivity index (χ4n) is 4.99. The molecule has 4 heterocycles. The molecular formula is C19H22ClN3O2. The monoisotopic (exact) mass is 359 g/mol. The van der Waals surface area contributed by atoms with Crippen LogP contribution >= 0.6 is 11.6 Å². The van der Waals surface area contributed by atoms with Crippen LogP contribution in [0.2, 0.25) is 5.02 Å². The molecule has 6 heteroatoms. The van der Waals surface area contributed by atoms with E-state index in [-0.39, 0.29) is 6.10 Å². The molecular weight excluding hydrogens is 338 g/mol. The molecule has 2 aromatic rings. The number of ether oxygens (including phenoxy) is 1. The van der Waals surface area contributed by atoms with E-state index in [2.05, 4.69) is 15.4 Å². The summed E-state index contributed by atoms with van der Waals surface area (Å²) in [6.07, 6.45) is 7.65. The lowest BCUT2D eigenvalue weighted by Gasteiger charge is -2.52. The summed E-state index contributed by atoms with van der Waals surface area (Å²) in [6.45, 7) is 2.52. The molecule has 2 bridgehead atoms. The highest BCUT2D eigenvalue weighted by Gasteiger charge is 2.60. The average Bonchev–Trinajstić information content (AvgIpc) is 3.55. The Balaban J connectivity index is 1.36. The van der Waals surface area contributed by atoms with Crippen molar-refractivity contribution in [3.63, 3.8) is 0 Å². The van der Waals surface area contributed by atoms with Crippen LogP contribution in [0, 0.1) is 5.92 Å². The number of hydrogen-bond acceptors (Lipinski definition) is 5. The molecule has 0 radical (unpaired) electrons. The molecule has 3 aliphatic heterocycles. The van der Waals surface area contributed by atoms with Gasteiger partial charge in [-0.2, -0.15) is 0 Å². The first-order valence-electron chi connectivity index (χ1n) is 9.51. The van der Waals surface area contributed by atoms with Gasteiger partial charge in [-0.1, -0.05) is 16.8 Å². The van der Waals surface area contributed by atoms with Gasteiger partial charge in [-0.25, -0.2) is 0 Å². The van der Waals surface area contributed by atoms with E-state index in [4.69, 9.17) is 20.9 Å². The largest absolute Gasteiger partial charge is 0.485 e. The number of rotatable bonds is 4. The van der Waals surface area contributed by atoms with Crippen molar-refractivity contribution < 1.29 is 9.26 Å². The van der Waals surface area contributed by atoms with Crippen LogP contribution in [-0.2, 0) is 0 Å². The Bertz CT molecular complexity index is 835. The van der Waals surface area contributed by atoms with E-state index in [1.807, 2.05) is 12.1 Å². The summed E-state index contributed by atoms with van der Waals surface area (Å²) >= 11 is 6.34. The minimum Gasteiger partial charge on any atom is -0.485 e. The maximum atomic E-state index is 6.34. The van der Waals surface area contributed by atoms with Gasteiger partial charge in [0.15, 0.2) is 11.6 Å². The predicted molar refractivity (Wildman–Crippen MR) is 96.3 cm³/mol.